The van der Waals surface area contributed by atoms with Crippen molar-refractivity contribution in [3.05, 3.63) is 0 Å². The number of hydrogen-bond acceptors (Lipinski definition) is 0. The molecule has 0 aliphatic heterocycles. The lowest BCUT2D eigenvalue weighted by Crippen LogP contribution is -2.45. The molecule has 0 aromatic carbocycles. The molecule has 6 unspecified atom stereocenters. The highest BCUT2D eigenvalue weighted by molar-refractivity contribution is 4.95. The van der Waals surface area contributed by atoms with E-state index in [1.807, 2.05) is 0 Å². The van der Waals surface area contributed by atoms with Crippen LogP contribution >= 0.6 is 0 Å². The first-order valence-electron chi connectivity index (χ1n) is 16.4. The molecule has 0 N–H and O–H groups in total. The maximum atomic E-state index is 15.5. The second-order valence-electron chi connectivity index (χ2n) is 14.0. The summed E-state index contributed by atoms with van der Waals surface area (Å²) in [6.45, 7) is 4.44. The van der Waals surface area contributed by atoms with Gasteiger partial charge in [-0.05, 0) is 105 Å². The first-order valence-corrected chi connectivity index (χ1v) is 16.4. The average molecular weight is 511 g/mol. The highest BCUT2D eigenvalue weighted by Gasteiger charge is 2.46. The van der Waals surface area contributed by atoms with E-state index in [4.69, 9.17) is 0 Å². The molecule has 0 heterocycles. The summed E-state index contributed by atoms with van der Waals surface area (Å²) in [6.07, 6.45) is 19.8. The van der Waals surface area contributed by atoms with E-state index in [-0.39, 0.29) is 17.8 Å². The molecule has 4 saturated carbocycles. The molecule has 0 saturated heterocycles. The molecular formula is C33H57F3. The summed E-state index contributed by atoms with van der Waals surface area (Å²) >= 11 is 0. The molecule has 0 radical (unpaired) electrons. The number of unbranched alkanes of at least 4 members (excludes halogenated alkanes) is 3. The Morgan fingerprint density at radius 2 is 1.11 bits per heavy atom. The summed E-state index contributed by atoms with van der Waals surface area (Å²) in [7, 11) is 0. The van der Waals surface area contributed by atoms with Crippen molar-refractivity contribution in [2.45, 2.75) is 161 Å². The van der Waals surface area contributed by atoms with Crippen molar-refractivity contribution in [2.75, 3.05) is 0 Å². The summed E-state index contributed by atoms with van der Waals surface area (Å²) in [5, 5.41) is 0. The van der Waals surface area contributed by atoms with Crippen LogP contribution in [0.3, 0.4) is 0 Å². The van der Waals surface area contributed by atoms with E-state index in [0.29, 0.717) is 23.7 Å². The van der Waals surface area contributed by atoms with Crippen molar-refractivity contribution in [1.82, 2.24) is 0 Å². The van der Waals surface area contributed by atoms with Gasteiger partial charge in [0.15, 0.2) is 0 Å². The molecule has 3 heteroatoms. The number of halogens is 3. The van der Waals surface area contributed by atoms with Crippen LogP contribution < -0.4 is 0 Å². The molecule has 0 aromatic rings. The monoisotopic (exact) mass is 510 g/mol. The van der Waals surface area contributed by atoms with Crippen molar-refractivity contribution in [1.29, 1.82) is 0 Å². The van der Waals surface area contributed by atoms with E-state index in [0.717, 1.165) is 83.0 Å². The second-order valence-corrected chi connectivity index (χ2v) is 14.0. The fourth-order valence-corrected chi connectivity index (χ4v) is 8.99. The maximum absolute atomic E-state index is 15.5. The van der Waals surface area contributed by atoms with Crippen LogP contribution in [0.15, 0.2) is 0 Å². The molecule has 4 fully saturated rings. The Morgan fingerprint density at radius 3 is 1.64 bits per heavy atom. The lowest BCUT2D eigenvalue weighted by atomic mass is 9.63. The minimum Gasteiger partial charge on any atom is -0.247 e. The minimum atomic E-state index is -1.24. The predicted molar refractivity (Wildman–Crippen MR) is 146 cm³/mol. The van der Waals surface area contributed by atoms with Crippen LogP contribution in [0.25, 0.3) is 0 Å². The zero-order valence-corrected chi connectivity index (χ0v) is 23.6. The van der Waals surface area contributed by atoms with Crippen LogP contribution in [0.2, 0.25) is 0 Å². The van der Waals surface area contributed by atoms with Crippen molar-refractivity contribution < 1.29 is 13.2 Å². The molecule has 0 spiro atoms. The van der Waals surface area contributed by atoms with Crippen molar-refractivity contribution >= 4 is 0 Å². The van der Waals surface area contributed by atoms with Gasteiger partial charge in [0.05, 0.1) is 0 Å². The molecule has 36 heavy (non-hydrogen) atoms. The smallest absolute Gasteiger partial charge is 0.134 e. The number of rotatable bonds is 10. The van der Waals surface area contributed by atoms with Crippen LogP contribution in [0.4, 0.5) is 13.2 Å². The standard InChI is InChI=1S/C33H57F3/c1-3-4-5-6-7-24-9-15-26(16-10-24)29-20-21-30(33(36)32(29)35)27-17-11-25(12-18-27)13-19-28-14-8-23(2)22-31(28)34/h23-33H,3-22H2,1-2H3/t23?,24?,25?,26?,27?,28?,29?,30?,31?,32?,33-/m0/s1. The molecule has 0 amide bonds. The summed E-state index contributed by atoms with van der Waals surface area (Å²) in [5.41, 5.74) is 0. The molecule has 7 atom stereocenters. The van der Waals surface area contributed by atoms with Crippen molar-refractivity contribution in [3.8, 4) is 0 Å². The van der Waals surface area contributed by atoms with E-state index in [2.05, 4.69) is 13.8 Å². The maximum Gasteiger partial charge on any atom is 0.134 e. The van der Waals surface area contributed by atoms with Gasteiger partial charge in [-0.2, -0.15) is 0 Å². The zero-order chi connectivity index (χ0) is 25.5. The third-order valence-electron chi connectivity index (χ3n) is 11.5. The molecule has 210 valence electrons. The van der Waals surface area contributed by atoms with Gasteiger partial charge in [-0.25, -0.2) is 13.2 Å². The highest BCUT2D eigenvalue weighted by Crippen LogP contribution is 2.49. The molecular weight excluding hydrogens is 453 g/mol. The van der Waals surface area contributed by atoms with Gasteiger partial charge in [0.1, 0.15) is 18.5 Å². The molecule has 4 rings (SSSR count). The summed E-state index contributed by atoms with van der Waals surface area (Å²) in [4.78, 5) is 0. The third kappa shape index (κ3) is 7.68. The molecule has 4 aliphatic rings. The lowest BCUT2D eigenvalue weighted by Gasteiger charge is -2.45. The van der Waals surface area contributed by atoms with Gasteiger partial charge >= 0.3 is 0 Å². The Bertz CT molecular complexity index is 606. The lowest BCUT2D eigenvalue weighted by molar-refractivity contribution is -0.0373. The van der Waals surface area contributed by atoms with Crippen LogP contribution in [0, 0.1) is 47.3 Å². The Morgan fingerprint density at radius 1 is 0.556 bits per heavy atom. The number of hydrogen-bond donors (Lipinski definition) is 0. The summed E-state index contributed by atoms with van der Waals surface area (Å²) in [6, 6.07) is 0. The van der Waals surface area contributed by atoms with Crippen molar-refractivity contribution in [3.63, 3.8) is 0 Å². The van der Waals surface area contributed by atoms with E-state index in [1.54, 1.807) is 0 Å². The fraction of sp³-hybridized carbons (Fsp3) is 1.00. The SMILES string of the molecule is CCCCCCC1CCC(C2CCC(C3CCC(CCC4CCC(C)CC4F)CC3)[C@H](F)C2F)CC1. The highest BCUT2D eigenvalue weighted by atomic mass is 19.2. The van der Waals surface area contributed by atoms with E-state index in [1.165, 1.54) is 51.4 Å². The average Bonchev–Trinajstić information content (AvgIpc) is 2.89. The van der Waals surface area contributed by atoms with Gasteiger partial charge in [-0.1, -0.05) is 84.5 Å². The van der Waals surface area contributed by atoms with Gasteiger partial charge in [0.25, 0.3) is 0 Å². The van der Waals surface area contributed by atoms with Gasteiger partial charge < -0.3 is 0 Å². The van der Waals surface area contributed by atoms with Gasteiger partial charge in [0.2, 0.25) is 0 Å². The van der Waals surface area contributed by atoms with Gasteiger partial charge in [-0.15, -0.1) is 0 Å². The van der Waals surface area contributed by atoms with Crippen LogP contribution in [-0.2, 0) is 0 Å². The first-order chi connectivity index (χ1) is 17.5. The summed E-state index contributed by atoms with van der Waals surface area (Å²) in [5.74, 6) is 3.05. The summed E-state index contributed by atoms with van der Waals surface area (Å²) < 4.78 is 45.4. The Kier molecular flexibility index (Phi) is 11.4. The predicted octanol–water partition coefficient (Wildman–Crippen LogP) is 10.8. The topological polar surface area (TPSA) is 0 Å². The largest absolute Gasteiger partial charge is 0.247 e. The van der Waals surface area contributed by atoms with Crippen molar-refractivity contribution in [2.24, 2.45) is 47.3 Å². The zero-order valence-electron chi connectivity index (χ0n) is 23.6. The van der Waals surface area contributed by atoms with E-state index in [9.17, 15) is 4.39 Å². The van der Waals surface area contributed by atoms with E-state index < -0.39 is 18.5 Å². The molecule has 0 nitrogen and oxygen atoms in total. The van der Waals surface area contributed by atoms with Gasteiger partial charge in [-0.3, -0.25) is 0 Å². The van der Waals surface area contributed by atoms with Crippen LogP contribution in [0.1, 0.15) is 142 Å². The molecule has 0 bridgehead atoms. The Hall–Kier alpha value is -0.210. The van der Waals surface area contributed by atoms with Gasteiger partial charge in [0, 0.05) is 0 Å². The second kappa shape index (κ2) is 14.3. The quantitative estimate of drug-likeness (QED) is 0.256. The van der Waals surface area contributed by atoms with E-state index >= 15 is 8.78 Å². The number of alkyl halides is 3. The first kappa shape index (κ1) is 28.8. The van der Waals surface area contributed by atoms with Crippen LogP contribution in [0.5, 0.6) is 0 Å². The fourth-order valence-electron chi connectivity index (χ4n) is 8.99. The molecule has 0 aromatic heterocycles. The normalized spacial score (nSPS) is 44.4. The Balaban J connectivity index is 1.15. The molecule has 4 aliphatic carbocycles. The van der Waals surface area contributed by atoms with Crippen LogP contribution in [-0.4, -0.2) is 18.5 Å². The Labute approximate surface area is 221 Å². The third-order valence-corrected chi connectivity index (χ3v) is 11.5. The minimum absolute atomic E-state index is 0.0273.